The zero-order valence-corrected chi connectivity index (χ0v) is 14.4. The lowest BCUT2D eigenvalue weighted by molar-refractivity contribution is -0.120. The van der Waals surface area contributed by atoms with Crippen molar-refractivity contribution in [3.8, 4) is 0 Å². The van der Waals surface area contributed by atoms with Crippen molar-refractivity contribution in [2.45, 2.75) is 46.6 Å². The number of aryl methyl sites for hydroxylation is 2. The molecule has 1 fully saturated rings. The highest BCUT2D eigenvalue weighted by Gasteiger charge is 2.34. The lowest BCUT2D eigenvalue weighted by atomic mass is 10.1. The number of rotatable bonds is 4. The molecule has 23 heavy (non-hydrogen) atoms. The number of carbonyl (C=O) groups excluding carboxylic acids is 1. The Bertz CT molecular complexity index is 697. The van der Waals surface area contributed by atoms with Crippen LogP contribution in [0.3, 0.4) is 0 Å². The van der Waals surface area contributed by atoms with Crippen molar-refractivity contribution in [1.82, 2.24) is 9.78 Å². The summed E-state index contributed by atoms with van der Waals surface area (Å²) >= 11 is 0. The van der Waals surface area contributed by atoms with Gasteiger partial charge in [-0.15, -0.1) is 0 Å². The fourth-order valence-corrected chi connectivity index (χ4v) is 3.35. The predicted molar refractivity (Wildman–Crippen MR) is 92.7 cm³/mol. The Kier molecular flexibility index (Phi) is 4.24. The molecule has 1 amide bonds. The van der Waals surface area contributed by atoms with E-state index in [9.17, 15) is 4.79 Å². The number of carbonyl (C=O) groups is 1. The molecule has 0 N–H and O–H groups in total. The lowest BCUT2D eigenvalue weighted by Crippen LogP contribution is -2.28. The van der Waals surface area contributed by atoms with Crippen LogP contribution in [0.5, 0.6) is 0 Å². The van der Waals surface area contributed by atoms with Crippen LogP contribution in [0.25, 0.3) is 0 Å². The Morgan fingerprint density at radius 1 is 1.22 bits per heavy atom. The maximum absolute atomic E-state index is 12.8. The standard InChI is InChI=1S/C19H25N3O/c1-13(2)9-16-5-8-22(20-16)18-6-7-21(19(18)23)17-11-14(3)10-15(4)12-17/h5,8,10-13,18H,6-7,9H2,1-4H3. The highest BCUT2D eigenvalue weighted by atomic mass is 16.2. The zero-order valence-electron chi connectivity index (χ0n) is 14.4. The summed E-state index contributed by atoms with van der Waals surface area (Å²) in [5.41, 5.74) is 4.45. The Morgan fingerprint density at radius 3 is 2.57 bits per heavy atom. The molecule has 1 aliphatic heterocycles. The van der Waals surface area contributed by atoms with Gasteiger partial charge >= 0.3 is 0 Å². The topological polar surface area (TPSA) is 38.1 Å². The largest absolute Gasteiger partial charge is 0.310 e. The van der Waals surface area contributed by atoms with Crippen molar-refractivity contribution < 1.29 is 4.79 Å². The summed E-state index contributed by atoms with van der Waals surface area (Å²) < 4.78 is 1.85. The minimum Gasteiger partial charge on any atom is -0.310 e. The second kappa shape index (κ2) is 6.19. The highest BCUT2D eigenvalue weighted by molar-refractivity contribution is 5.98. The molecular formula is C19H25N3O. The molecule has 3 rings (SSSR count). The summed E-state index contributed by atoms with van der Waals surface area (Å²) in [6.07, 6.45) is 3.72. The molecule has 1 aromatic heterocycles. The van der Waals surface area contributed by atoms with Crippen LogP contribution < -0.4 is 4.90 Å². The number of hydrogen-bond acceptors (Lipinski definition) is 2. The Morgan fingerprint density at radius 2 is 1.91 bits per heavy atom. The van der Waals surface area contributed by atoms with Crippen LogP contribution in [-0.2, 0) is 11.2 Å². The molecule has 1 saturated heterocycles. The Hall–Kier alpha value is -2.10. The van der Waals surface area contributed by atoms with E-state index in [1.165, 1.54) is 11.1 Å². The van der Waals surface area contributed by atoms with Gasteiger partial charge in [0, 0.05) is 18.4 Å². The van der Waals surface area contributed by atoms with Gasteiger partial charge in [0.15, 0.2) is 0 Å². The van der Waals surface area contributed by atoms with Gasteiger partial charge in [0.25, 0.3) is 5.91 Å². The molecule has 4 nitrogen and oxygen atoms in total. The molecular weight excluding hydrogens is 286 g/mol. The summed E-state index contributed by atoms with van der Waals surface area (Å²) in [4.78, 5) is 14.7. The summed E-state index contributed by atoms with van der Waals surface area (Å²) in [5.74, 6) is 0.721. The minimum atomic E-state index is -0.170. The number of aromatic nitrogens is 2. The molecule has 0 bridgehead atoms. The van der Waals surface area contributed by atoms with Gasteiger partial charge in [-0.1, -0.05) is 19.9 Å². The quantitative estimate of drug-likeness (QED) is 0.864. The van der Waals surface area contributed by atoms with Crippen LogP contribution in [0.2, 0.25) is 0 Å². The van der Waals surface area contributed by atoms with Gasteiger partial charge in [0.2, 0.25) is 0 Å². The minimum absolute atomic E-state index is 0.147. The maximum atomic E-state index is 12.8. The molecule has 1 atom stereocenters. The lowest BCUT2D eigenvalue weighted by Gasteiger charge is -2.18. The molecule has 1 aliphatic rings. The first kappa shape index (κ1) is 15.8. The molecule has 1 aromatic carbocycles. The van der Waals surface area contributed by atoms with Crippen LogP contribution in [0, 0.1) is 19.8 Å². The number of amides is 1. The van der Waals surface area contributed by atoms with E-state index < -0.39 is 0 Å². The van der Waals surface area contributed by atoms with Crippen molar-refractivity contribution in [2.75, 3.05) is 11.4 Å². The second-order valence-corrected chi connectivity index (χ2v) is 7.03. The van der Waals surface area contributed by atoms with E-state index in [1.807, 2.05) is 21.8 Å². The molecule has 0 aliphatic carbocycles. The van der Waals surface area contributed by atoms with E-state index in [0.717, 1.165) is 30.8 Å². The van der Waals surface area contributed by atoms with E-state index in [2.05, 4.69) is 51.0 Å². The zero-order chi connectivity index (χ0) is 16.6. The van der Waals surface area contributed by atoms with Crippen molar-refractivity contribution in [1.29, 1.82) is 0 Å². The predicted octanol–water partition coefficient (Wildman–Crippen LogP) is 3.68. The van der Waals surface area contributed by atoms with Gasteiger partial charge in [-0.3, -0.25) is 9.48 Å². The van der Waals surface area contributed by atoms with E-state index in [0.29, 0.717) is 5.92 Å². The molecule has 2 aromatic rings. The van der Waals surface area contributed by atoms with Crippen LogP contribution in [-0.4, -0.2) is 22.2 Å². The van der Waals surface area contributed by atoms with Crippen LogP contribution in [0.1, 0.15) is 43.1 Å². The number of hydrogen-bond donors (Lipinski definition) is 0. The van der Waals surface area contributed by atoms with Gasteiger partial charge in [0.05, 0.1) is 5.69 Å². The third kappa shape index (κ3) is 3.31. The van der Waals surface area contributed by atoms with Crippen molar-refractivity contribution in [3.05, 3.63) is 47.3 Å². The van der Waals surface area contributed by atoms with Gasteiger partial charge < -0.3 is 4.90 Å². The fraction of sp³-hybridized carbons (Fsp3) is 0.474. The second-order valence-electron chi connectivity index (χ2n) is 7.03. The van der Waals surface area contributed by atoms with Crippen molar-refractivity contribution >= 4 is 11.6 Å². The molecule has 122 valence electrons. The van der Waals surface area contributed by atoms with Gasteiger partial charge in [-0.05, 0) is 61.9 Å². The van der Waals surface area contributed by atoms with Crippen LogP contribution >= 0.6 is 0 Å². The van der Waals surface area contributed by atoms with E-state index in [-0.39, 0.29) is 11.9 Å². The Labute approximate surface area is 138 Å². The summed E-state index contributed by atoms with van der Waals surface area (Å²) in [6, 6.07) is 8.16. The summed E-state index contributed by atoms with van der Waals surface area (Å²) in [7, 11) is 0. The maximum Gasteiger partial charge on any atom is 0.251 e. The third-order valence-electron chi connectivity index (χ3n) is 4.30. The van der Waals surface area contributed by atoms with Gasteiger partial charge in [-0.25, -0.2) is 0 Å². The smallest absolute Gasteiger partial charge is 0.251 e. The van der Waals surface area contributed by atoms with Gasteiger partial charge in [0.1, 0.15) is 6.04 Å². The first-order valence-electron chi connectivity index (χ1n) is 8.38. The SMILES string of the molecule is Cc1cc(C)cc(N2CCC(n3ccc(CC(C)C)n3)C2=O)c1. The van der Waals surface area contributed by atoms with E-state index >= 15 is 0 Å². The molecule has 1 unspecified atom stereocenters. The number of anilines is 1. The average Bonchev–Trinajstić information content (AvgIpc) is 3.03. The van der Waals surface area contributed by atoms with Crippen LogP contribution in [0.15, 0.2) is 30.5 Å². The van der Waals surface area contributed by atoms with E-state index in [4.69, 9.17) is 0 Å². The normalized spacial score (nSPS) is 18.2. The molecule has 0 radical (unpaired) electrons. The first-order valence-corrected chi connectivity index (χ1v) is 8.38. The van der Waals surface area contributed by atoms with Crippen molar-refractivity contribution in [2.24, 2.45) is 5.92 Å². The number of nitrogens with zero attached hydrogens (tertiary/aromatic N) is 3. The third-order valence-corrected chi connectivity index (χ3v) is 4.30. The monoisotopic (exact) mass is 311 g/mol. The molecule has 4 heteroatoms. The van der Waals surface area contributed by atoms with E-state index in [1.54, 1.807) is 0 Å². The summed E-state index contributed by atoms with van der Waals surface area (Å²) in [6.45, 7) is 9.26. The van der Waals surface area contributed by atoms with Crippen molar-refractivity contribution in [3.63, 3.8) is 0 Å². The first-order chi connectivity index (χ1) is 10.9. The Balaban J connectivity index is 1.79. The van der Waals surface area contributed by atoms with Crippen LogP contribution in [0.4, 0.5) is 5.69 Å². The number of benzene rings is 1. The summed E-state index contributed by atoms with van der Waals surface area (Å²) in [5, 5.41) is 4.62. The fourth-order valence-electron chi connectivity index (χ4n) is 3.35. The highest BCUT2D eigenvalue weighted by Crippen LogP contribution is 2.29. The molecule has 0 saturated carbocycles. The molecule has 2 heterocycles. The molecule has 0 spiro atoms. The average molecular weight is 311 g/mol. The van der Waals surface area contributed by atoms with Gasteiger partial charge in [-0.2, -0.15) is 5.10 Å².